The van der Waals surface area contributed by atoms with Gasteiger partial charge in [-0.05, 0) is 31.9 Å². The number of thiophene rings is 1. The van der Waals surface area contributed by atoms with Crippen LogP contribution < -0.4 is 5.32 Å². The van der Waals surface area contributed by atoms with Crippen molar-refractivity contribution in [2.24, 2.45) is 4.99 Å². The monoisotopic (exact) mass is 408 g/mol. The molecule has 1 saturated heterocycles. The van der Waals surface area contributed by atoms with Crippen LogP contribution in [0.25, 0.3) is 0 Å². The lowest BCUT2D eigenvalue weighted by Gasteiger charge is -2.36. The van der Waals surface area contributed by atoms with Gasteiger partial charge >= 0.3 is 0 Å². The van der Waals surface area contributed by atoms with Gasteiger partial charge in [-0.1, -0.05) is 11.6 Å². The van der Waals surface area contributed by atoms with Crippen molar-refractivity contribution in [2.75, 3.05) is 39.8 Å². The summed E-state index contributed by atoms with van der Waals surface area (Å²) in [7, 11) is 1.87. The number of rotatable bonds is 7. The third-order valence-electron chi connectivity index (χ3n) is 4.92. The van der Waals surface area contributed by atoms with E-state index in [0.29, 0.717) is 0 Å². The second kappa shape index (κ2) is 10.1. The Hall–Kier alpha value is -1.57. The molecule has 6 nitrogen and oxygen atoms in total. The quantitative estimate of drug-likeness (QED) is 0.434. The zero-order chi connectivity index (χ0) is 19.1. The summed E-state index contributed by atoms with van der Waals surface area (Å²) in [4.78, 5) is 14.9. The molecule has 27 heavy (non-hydrogen) atoms. The largest absolute Gasteiger partial charge is 0.356 e. The van der Waals surface area contributed by atoms with Crippen LogP contribution in [0.3, 0.4) is 0 Å². The molecule has 3 heterocycles. The second-order valence-electron chi connectivity index (χ2n) is 6.82. The Morgan fingerprint density at radius 1 is 1.26 bits per heavy atom. The summed E-state index contributed by atoms with van der Waals surface area (Å²) in [5.74, 6) is 2.11. The molecule has 0 unspecified atom stereocenters. The molecule has 148 valence electrons. The SMILES string of the molecule is CN=C(NCCCCn1ccnc1C)N1CCN(Cc2ccc(Cl)s2)CC1. The predicted molar refractivity (Wildman–Crippen MR) is 114 cm³/mol. The van der Waals surface area contributed by atoms with Crippen molar-refractivity contribution in [3.8, 4) is 0 Å². The highest BCUT2D eigenvalue weighted by Crippen LogP contribution is 2.23. The van der Waals surface area contributed by atoms with E-state index in [9.17, 15) is 0 Å². The van der Waals surface area contributed by atoms with Crippen molar-refractivity contribution in [2.45, 2.75) is 32.9 Å². The molecule has 1 aliphatic rings. The summed E-state index contributed by atoms with van der Waals surface area (Å²) >= 11 is 7.71. The van der Waals surface area contributed by atoms with E-state index in [4.69, 9.17) is 11.6 Å². The molecule has 8 heteroatoms. The molecular weight excluding hydrogens is 380 g/mol. The molecule has 1 fully saturated rings. The minimum Gasteiger partial charge on any atom is -0.356 e. The fraction of sp³-hybridized carbons (Fsp3) is 0.579. The van der Waals surface area contributed by atoms with Crippen LogP contribution in [0.4, 0.5) is 0 Å². The standard InChI is InChI=1S/C19H29ClN6S/c1-16-22-8-10-25(16)9-4-3-7-23-19(21-2)26-13-11-24(12-14-26)15-17-5-6-18(20)27-17/h5-6,8,10H,3-4,7,9,11-15H2,1-2H3,(H,21,23). The third-order valence-corrected chi connectivity index (χ3v) is 6.14. The number of halogens is 1. The summed E-state index contributed by atoms with van der Waals surface area (Å²) in [6.07, 6.45) is 6.17. The zero-order valence-electron chi connectivity index (χ0n) is 16.2. The highest BCUT2D eigenvalue weighted by atomic mass is 35.5. The van der Waals surface area contributed by atoms with Gasteiger partial charge in [0.2, 0.25) is 0 Å². The highest BCUT2D eigenvalue weighted by molar-refractivity contribution is 7.16. The first-order valence-electron chi connectivity index (χ1n) is 9.55. The molecular formula is C19H29ClN6S. The van der Waals surface area contributed by atoms with Gasteiger partial charge < -0.3 is 14.8 Å². The molecule has 0 aliphatic carbocycles. The number of piperazine rings is 1. The van der Waals surface area contributed by atoms with E-state index in [-0.39, 0.29) is 0 Å². The average Bonchev–Trinajstić information content (AvgIpc) is 3.27. The number of hydrogen-bond donors (Lipinski definition) is 1. The second-order valence-corrected chi connectivity index (χ2v) is 8.62. The number of aromatic nitrogens is 2. The molecule has 2 aromatic rings. The molecule has 0 bridgehead atoms. The van der Waals surface area contributed by atoms with Crippen molar-refractivity contribution < 1.29 is 0 Å². The number of nitrogens with zero attached hydrogens (tertiary/aromatic N) is 5. The van der Waals surface area contributed by atoms with Gasteiger partial charge in [0.05, 0.1) is 4.34 Å². The van der Waals surface area contributed by atoms with Crippen molar-refractivity contribution in [3.63, 3.8) is 0 Å². The van der Waals surface area contributed by atoms with Crippen LogP contribution >= 0.6 is 22.9 Å². The number of unbranched alkanes of at least 4 members (excludes halogenated alkanes) is 1. The predicted octanol–water partition coefficient (Wildman–Crippen LogP) is 3.08. The lowest BCUT2D eigenvalue weighted by Crippen LogP contribution is -2.52. The molecule has 0 radical (unpaired) electrons. The van der Waals surface area contributed by atoms with E-state index in [1.807, 2.05) is 32.4 Å². The van der Waals surface area contributed by atoms with Crippen LogP contribution in [0.5, 0.6) is 0 Å². The molecule has 3 rings (SSSR count). The Labute approximate surface area is 170 Å². The molecule has 0 spiro atoms. The number of guanidine groups is 1. The van der Waals surface area contributed by atoms with Crippen LogP contribution in [0.1, 0.15) is 23.5 Å². The summed E-state index contributed by atoms with van der Waals surface area (Å²) in [5, 5.41) is 3.52. The van der Waals surface area contributed by atoms with Crippen molar-refractivity contribution in [3.05, 3.63) is 39.6 Å². The summed E-state index contributed by atoms with van der Waals surface area (Å²) in [6.45, 7) is 9.13. The minimum atomic E-state index is 0.872. The Balaban J connectivity index is 1.34. The van der Waals surface area contributed by atoms with Crippen LogP contribution in [0.2, 0.25) is 4.34 Å². The fourth-order valence-electron chi connectivity index (χ4n) is 3.35. The first-order chi connectivity index (χ1) is 13.2. The lowest BCUT2D eigenvalue weighted by molar-refractivity contribution is 0.173. The Morgan fingerprint density at radius 2 is 2.07 bits per heavy atom. The molecule has 1 aliphatic heterocycles. The number of nitrogens with one attached hydrogen (secondary N) is 1. The van der Waals surface area contributed by atoms with Crippen molar-refractivity contribution >= 4 is 28.9 Å². The maximum atomic E-state index is 6.03. The topological polar surface area (TPSA) is 48.7 Å². The Morgan fingerprint density at radius 3 is 2.70 bits per heavy atom. The third kappa shape index (κ3) is 5.96. The number of hydrogen-bond acceptors (Lipinski definition) is 4. The molecule has 0 amide bonds. The van der Waals surface area contributed by atoms with Gasteiger partial charge in [0.25, 0.3) is 0 Å². The number of aryl methyl sites for hydroxylation is 2. The van der Waals surface area contributed by atoms with E-state index >= 15 is 0 Å². The molecule has 2 aromatic heterocycles. The molecule has 0 saturated carbocycles. The van der Waals surface area contributed by atoms with Crippen molar-refractivity contribution in [1.82, 2.24) is 24.7 Å². The van der Waals surface area contributed by atoms with Crippen LogP contribution in [0.15, 0.2) is 29.5 Å². The van der Waals surface area contributed by atoms with E-state index in [0.717, 1.165) is 74.8 Å². The van der Waals surface area contributed by atoms with Crippen LogP contribution in [-0.2, 0) is 13.1 Å². The van der Waals surface area contributed by atoms with Crippen LogP contribution in [-0.4, -0.2) is 65.1 Å². The van der Waals surface area contributed by atoms with Gasteiger partial charge in [-0.15, -0.1) is 11.3 Å². The van der Waals surface area contributed by atoms with Gasteiger partial charge in [-0.25, -0.2) is 4.98 Å². The van der Waals surface area contributed by atoms with E-state index in [2.05, 4.69) is 35.7 Å². The molecule has 0 aromatic carbocycles. The van der Waals surface area contributed by atoms with E-state index < -0.39 is 0 Å². The van der Waals surface area contributed by atoms with Gasteiger partial charge in [-0.3, -0.25) is 9.89 Å². The minimum absolute atomic E-state index is 0.872. The van der Waals surface area contributed by atoms with Gasteiger partial charge in [0.15, 0.2) is 5.96 Å². The molecule has 1 N–H and O–H groups in total. The van der Waals surface area contributed by atoms with Crippen LogP contribution in [0, 0.1) is 6.92 Å². The summed E-state index contributed by atoms with van der Waals surface area (Å²) in [5.41, 5.74) is 0. The summed E-state index contributed by atoms with van der Waals surface area (Å²) in [6, 6.07) is 4.11. The highest BCUT2D eigenvalue weighted by Gasteiger charge is 2.19. The smallest absolute Gasteiger partial charge is 0.193 e. The first kappa shape index (κ1) is 20.2. The van der Waals surface area contributed by atoms with E-state index in [1.54, 1.807) is 11.3 Å². The van der Waals surface area contributed by atoms with Gasteiger partial charge in [0, 0.05) is 70.1 Å². The maximum Gasteiger partial charge on any atom is 0.193 e. The molecule has 0 atom stereocenters. The fourth-order valence-corrected chi connectivity index (χ4v) is 4.48. The summed E-state index contributed by atoms with van der Waals surface area (Å²) < 4.78 is 3.07. The number of imidazole rings is 1. The first-order valence-corrected chi connectivity index (χ1v) is 10.7. The van der Waals surface area contributed by atoms with Crippen molar-refractivity contribution in [1.29, 1.82) is 0 Å². The average molecular weight is 409 g/mol. The Bertz CT molecular complexity index is 732. The zero-order valence-corrected chi connectivity index (χ0v) is 17.8. The van der Waals surface area contributed by atoms with Gasteiger partial charge in [-0.2, -0.15) is 0 Å². The maximum absolute atomic E-state index is 6.03. The number of aliphatic imine (C=N–C) groups is 1. The van der Waals surface area contributed by atoms with E-state index in [1.165, 1.54) is 4.88 Å². The van der Waals surface area contributed by atoms with Gasteiger partial charge in [0.1, 0.15) is 5.82 Å². The Kier molecular flexibility index (Phi) is 7.55. The normalized spacial score (nSPS) is 16.1. The lowest BCUT2D eigenvalue weighted by atomic mass is 10.3.